The van der Waals surface area contributed by atoms with E-state index in [1.165, 1.54) is 49.0 Å². The van der Waals surface area contributed by atoms with Gasteiger partial charge in [0.25, 0.3) is 5.91 Å². The number of aromatic nitrogens is 4. The maximum atomic E-state index is 12.7. The Morgan fingerprint density at radius 2 is 1.77 bits per heavy atom. The predicted molar refractivity (Wildman–Crippen MR) is 87.2 cm³/mol. The minimum atomic E-state index is -4.41. The van der Waals surface area contributed by atoms with Gasteiger partial charge in [-0.25, -0.2) is 15.0 Å². The number of carbonyl (C=O) groups excluding carboxylic acids is 1. The fourth-order valence-corrected chi connectivity index (χ4v) is 2.20. The van der Waals surface area contributed by atoms with Crippen LogP contribution in [0.3, 0.4) is 0 Å². The molecule has 0 atom stereocenters. The highest BCUT2D eigenvalue weighted by Gasteiger charge is 2.30. The summed E-state index contributed by atoms with van der Waals surface area (Å²) in [4.78, 5) is 29.7. The van der Waals surface area contributed by atoms with Gasteiger partial charge in [0.05, 0.1) is 23.7 Å². The Morgan fingerprint density at radius 3 is 2.38 bits per heavy atom. The van der Waals surface area contributed by atoms with E-state index in [-0.39, 0.29) is 5.69 Å². The molecule has 0 saturated heterocycles. The molecule has 9 heteroatoms. The number of carbonyl (C=O) groups is 1. The first kappa shape index (κ1) is 17.5. The molecule has 0 bridgehead atoms. The zero-order valence-electron chi connectivity index (χ0n) is 13.5. The summed E-state index contributed by atoms with van der Waals surface area (Å²) in [6.45, 7) is 0. The van der Waals surface area contributed by atoms with Crippen LogP contribution in [0.2, 0.25) is 0 Å². The van der Waals surface area contributed by atoms with E-state index in [4.69, 9.17) is 0 Å². The number of rotatable bonds is 3. The Hall–Kier alpha value is -3.36. The number of halogens is 3. The third kappa shape index (κ3) is 3.66. The topological polar surface area (TPSA) is 71.9 Å². The van der Waals surface area contributed by atoms with Gasteiger partial charge in [-0.2, -0.15) is 13.2 Å². The highest BCUT2D eigenvalue weighted by Crippen LogP contribution is 2.30. The molecule has 2 heterocycles. The summed E-state index contributed by atoms with van der Waals surface area (Å²) in [5, 5.41) is 0. The molecule has 0 unspecified atom stereocenters. The lowest BCUT2D eigenvalue weighted by molar-refractivity contribution is -0.137. The average Bonchev–Trinajstić information content (AvgIpc) is 2.67. The summed E-state index contributed by atoms with van der Waals surface area (Å²) >= 11 is 0. The van der Waals surface area contributed by atoms with Gasteiger partial charge in [0.2, 0.25) is 0 Å². The molecule has 3 rings (SSSR count). The lowest BCUT2D eigenvalue weighted by Crippen LogP contribution is -2.28. The van der Waals surface area contributed by atoms with Crippen molar-refractivity contribution in [3.63, 3.8) is 0 Å². The van der Waals surface area contributed by atoms with Gasteiger partial charge in [0.1, 0.15) is 17.8 Å². The summed E-state index contributed by atoms with van der Waals surface area (Å²) in [5.74, 6) is -0.0725. The van der Waals surface area contributed by atoms with Gasteiger partial charge in [0, 0.05) is 18.8 Å². The molecule has 0 N–H and O–H groups in total. The van der Waals surface area contributed by atoms with Crippen molar-refractivity contribution < 1.29 is 18.0 Å². The highest BCUT2D eigenvalue weighted by atomic mass is 19.4. The average molecular weight is 359 g/mol. The molecular formula is C17H12F3N5O. The number of anilines is 1. The van der Waals surface area contributed by atoms with Gasteiger partial charge in [-0.15, -0.1) is 0 Å². The summed E-state index contributed by atoms with van der Waals surface area (Å²) < 4.78 is 38.0. The van der Waals surface area contributed by atoms with E-state index >= 15 is 0 Å². The Bertz CT molecular complexity index is 914. The van der Waals surface area contributed by atoms with Crippen LogP contribution in [0.5, 0.6) is 0 Å². The molecule has 2 aromatic heterocycles. The number of hydrogen-bond donors (Lipinski definition) is 0. The monoisotopic (exact) mass is 359 g/mol. The Labute approximate surface area is 146 Å². The molecule has 3 aromatic rings. The second-order valence-corrected chi connectivity index (χ2v) is 5.30. The standard InChI is InChI=1S/C17H12F3N5O/c1-25(15-6-7-21-10-23-15)16(26)14-9-22-8-13(24-14)11-2-4-12(5-3-11)17(18,19)20/h2-10H,1H3. The van der Waals surface area contributed by atoms with E-state index in [0.717, 1.165) is 12.1 Å². The van der Waals surface area contributed by atoms with E-state index < -0.39 is 17.6 Å². The Morgan fingerprint density at radius 1 is 1.04 bits per heavy atom. The largest absolute Gasteiger partial charge is 0.416 e. The maximum Gasteiger partial charge on any atom is 0.416 e. The number of benzene rings is 1. The second-order valence-electron chi connectivity index (χ2n) is 5.30. The third-order valence-corrected chi connectivity index (χ3v) is 3.58. The smallest absolute Gasteiger partial charge is 0.294 e. The maximum absolute atomic E-state index is 12.7. The normalized spacial score (nSPS) is 11.2. The lowest BCUT2D eigenvalue weighted by Gasteiger charge is -2.15. The van der Waals surface area contributed by atoms with Crippen LogP contribution < -0.4 is 4.90 Å². The van der Waals surface area contributed by atoms with Crippen LogP contribution in [0.25, 0.3) is 11.3 Å². The van der Waals surface area contributed by atoms with Crippen LogP contribution in [-0.4, -0.2) is 32.9 Å². The molecule has 132 valence electrons. The van der Waals surface area contributed by atoms with Gasteiger partial charge in [0.15, 0.2) is 0 Å². The van der Waals surface area contributed by atoms with E-state index in [1.54, 1.807) is 6.07 Å². The number of hydrogen-bond acceptors (Lipinski definition) is 5. The lowest BCUT2D eigenvalue weighted by atomic mass is 10.1. The first-order valence-electron chi connectivity index (χ1n) is 7.40. The number of alkyl halides is 3. The third-order valence-electron chi connectivity index (χ3n) is 3.58. The van der Waals surface area contributed by atoms with Crippen molar-refractivity contribution in [2.45, 2.75) is 6.18 Å². The SMILES string of the molecule is CN(C(=O)c1cncc(-c2ccc(C(F)(F)F)cc2)n1)c1ccncn1. The molecule has 0 aliphatic carbocycles. The molecule has 0 saturated carbocycles. The molecule has 0 aliphatic heterocycles. The highest BCUT2D eigenvalue weighted by molar-refractivity contribution is 6.03. The van der Waals surface area contributed by atoms with Gasteiger partial charge in [-0.1, -0.05) is 12.1 Å². The van der Waals surface area contributed by atoms with E-state index in [2.05, 4.69) is 19.9 Å². The molecule has 1 aromatic carbocycles. The van der Waals surface area contributed by atoms with Crippen molar-refractivity contribution in [2.24, 2.45) is 0 Å². The van der Waals surface area contributed by atoms with Crippen LogP contribution in [0.15, 0.2) is 55.2 Å². The minimum absolute atomic E-state index is 0.0449. The van der Waals surface area contributed by atoms with Crippen LogP contribution in [0.4, 0.5) is 19.0 Å². The van der Waals surface area contributed by atoms with E-state index in [0.29, 0.717) is 17.1 Å². The number of nitrogens with zero attached hydrogens (tertiary/aromatic N) is 5. The molecule has 0 spiro atoms. The fraction of sp³-hybridized carbons (Fsp3) is 0.118. The van der Waals surface area contributed by atoms with Crippen LogP contribution in [-0.2, 0) is 6.18 Å². The number of amides is 1. The van der Waals surface area contributed by atoms with Crippen molar-refractivity contribution in [2.75, 3.05) is 11.9 Å². The van der Waals surface area contributed by atoms with Crippen LogP contribution >= 0.6 is 0 Å². The first-order chi connectivity index (χ1) is 12.4. The summed E-state index contributed by atoms with van der Waals surface area (Å²) in [6.07, 6.45) is 1.06. The Balaban J connectivity index is 1.87. The molecular weight excluding hydrogens is 347 g/mol. The van der Waals surface area contributed by atoms with Gasteiger partial charge >= 0.3 is 6.18 Å². The summed E-state index contributed by atoms with van der Waals surface area (Å²) in [7, 11) is 1.52. The zero-order chi connectivity index (χ0) is 18.7. The molecule has 1 amide bonds. The van der Waals surface area contributed by atoms with Crippen molar-refractivity contribution in [1.29, 1.82) is 0 Å². The second kappa shape index (κ2) is 6.87. The fourth-order valence-electron chi connectivity index (χ4n) is 2.20. The predicted octanol–water partition coefficient (Wildman–Crippen LogP) is 3.23. The van der Waals surface area contributed by atoms with Crippen LogP contribution in [0.1, 0.15) is 16.1 Å². The summed E-state index contributed by atoms with van der Waals surface area (Å²) in [5.41, 5.74) is -0.000976. The Kier molecular flexibility index (Phi) is 4.61. The van der Waals surface area contributed by atoms with Crippen molar-refractivity contribution in [1.82, 2.24) is 19.9 Å². The quantitative estimate of drug-likeness (QED) is 0.718. The molecule has 6 nitrogen and oxygen atoms in total. The van der Waals surface area contributed by atoms with Gasteiger partial charge < -0.3 is 0 Å². The van der Waals surface area contributed by atoms with Crippen molar-refractivity contribution >= 4 is 11.7 Å². The summed E-state index contributed by atoms with van der Waals surface area (Å²) in [6, 6.07) is 6.05. The van der Waals surface area contributed by atoms with Gasteiger partial charge in [-0.05, 0) is 18.2 Å². The molecule has 0 fully saturated rings. The molecule has 0 aliphatic rings. The van der Waals surface area contributed by atoms with E-state index in [9.17, 15) is 18.0 Å². The molecule has 26 heavy (non-hydrogen) atoms. The molecule has 0 radical (unpaired) electrons. The minimum Gasteiger partial charge on any atom is -0.294 e. The van der Waals surface area contributed by atoms with Gasteiger partial charge in [-0.3, -0.25) is 14.7 Å². The first-order valence-corrected chi connectivity index (χ1v) is 7.40. The zero-order valence-corrected chi connectivity index (χ0v) is 13.5. The van der Waals surface area contributed by atoms with E-state index in [1.807, 2.05) is 0 Å². The van der Waals surface area contributed by atoms with Crippen molar-refractivity contribution in [3.05, 3.63) is 66.5 Å². The van der Waals surface area contributed by atoms with Crippen LogP contribution in [0, 0.1) is 0 Å². The van der Waals surface area contributed by atoms with Crippen molar-refractivity contribution in [3.8, 4) is 11.3 Å².